The van der Waals surface area contributed by atoms with Gasteiger partial charge in [0.2, 0.25) is 0 Å². The summed E-state index contributed by atoms with van der Waals surface area (Å²) in [5.41, 5.74) is 4.71. The van der Waals surface area contributed by atoms with E-state index in [4.69, 9.17) is 9.15 Å². The molecule has 6 rings (SSSR count). The standard InChI is InChI=1S/C24H21N3O3S/c1-15(20-13-18-19(30-20)7-4-10-25-18)21-22(28)26-23(31-21)27-11-8-24(9-12-27)17-6-3-2-5-16(17)14-29-24/h2-7,10,13H,8-9,11-12,14H2,1H3. The van der Waals surface area contributed by atoms with Gasteiger partial charge in [-0.25, -0.2) is 0 Å². The van der Waals surface area contributed by atoms with Crippen molar-refractivity contribution in [3.8, 4) is 0 Å². The van der Waals surface area contributed by atoms with E-state index in [2.05, 4.69) is 39.1 Å². The number of aromatic nitrogens is 1. The molecule has 0 N–H and O–H groups in total. The van der Waals surface area contributed by atoms with E-state index in [9.17, 15) is 4.79 Å². The molecule has 3 aliphatic rings. The predicted molar refractivity (Wildman–Crippen MR) is 120 cm³/mol. The van der Waals surface area contributed by atoms with E-state index >= 15 is 0 Å². The zero-order valence-electron chi connectivity index (χ0n) is 17.1. The van der Waals surface area contributed by atoms with Crippen molar-refractivity contribution in [1.82, 2.24) is 9.88 Å². The molecule has 6 nitrogen and oxygen atoms in total. The number of fused-ring (bicyclic) bond motifs is 3. The number of nitrogens with zero attached hydrogens (tertiary/aromatic N) is 3. The topological polar surface area (TPSA) is 67.9 Å². The van der Waals surface area contributed by atoms with E-state index in [1.807, 2.05) is 25.1 Å². The Morgan fingerprint density at radius 1 is 1.16 bits per heavy atom. The van der Waals surface area contributed by atoms with Crippen LogP contribution in [0.4, 0.5) is 0 Å². The summed E-state index contributed by atoms with van der Waals surface area (Å²) in [6, 6.07) is 14.1. The van der Waals surface area contributed by atoms with E-state index in [0.717, 1.165) is 42.2 Å². The number of carbonyl (C=O) groups is 1. The van der Waals surface area contributed by atoms with Crippen LogP contribution in [0.25, 0.3) is 16.7 Å². The van der Waals surface area contributed by atoms with Gasteiger partial charge in [-0.05, 0) is 54.8 Å². The highest BCUT2D eigenvalue weighted by Gasteiger charge is 2.43. The largest absolute Gasteiger partial charge is 0.455 e. The summed E-state index contributed by atoms with van der Waals surface area (Å²) in [5, 5.41) is 0.773. The van der Waals surface area contributed by atoms with Crippen molar-refractivity contribution in [3.63, 3.8) is 0 Å². The van der Waals surface area contributed by atoms with Crippen LogP contribution in [0.1, 0.15) is 36.7 Å². The molecule has 1 fully saturated rings. The number of thioether (sulfide) groups is 1. The van der Waals surface area contributed by atoms with Crippen molar-refractivity contribution in [1.29, 1.82) is 0 Å². The summed E-state index contributed by atoms with van der Waals surface area (Å²) in [7, 11) is 0. The van der Waals surface area contributed by atoms with Gasteiger partial charge in [0.15, 0.2) is 10.8 Å². The number of furan rings is 1. The first-order chi connectivity index (χ1) is 15.1. The quantitative estimate of drug-likeness (QED) is 0.520. The molecule has 0 radical (unpaired) electrons. The summed E-state index contributed by atoms with van der Waals surface area (Å²) < 4.78 is 12.2. The fourth-order valence-electron chi connectivity index (χ4n) is 4.69. The molecule has 3 aliphatic heterocycles. The number of hydrogen-bond acceptors (Lipinski definition) is 6. The minimum Gasteiger partial charge on any atom is -0.455 e. The van der Waals surface area contributed by atoms with E-state index < -0.39 is 0 Å². The lowest BCUT2D eigenvalue weighted by Crippen LogP contribution is -2.44. The Bertz CT molecular complexity index is 1230. The van der Waals surface area contributed by atoms with Crippen LogP contribution in [-0.2, 0) is 21.7 Å². The molecule has 3 aromatic rings. The first-order valence-electron chi connectivity index (χ1n) is 10.5. The van der Waals surface area contributed by atoms with Crippen molar-refractivity contribution in [2.75, 3.05) is 13.1 Å². The molecule has 0 unspecified atom stereocenters. The van der Waals surface area contributed by atoms with E-state index in [1.165, 1.54) is 22.9 Å². The highest BCUT2D eigenvalue weighted by Crippen LogP contribution is 2.45. The molecular formula is C24H21N3O3S. The van der Waals surface area contributed by atoms with E-state index in [0.29, 0.717) is 22.9 Å². The molecule has 1 amide bonds. The van der Waals surface area contributed by atoms with Crippen LogP contribution in [0, 0.1) is 0 Å². The van der Waals surface area contributed by atoms with Gasteiger partial charge < -0.3 is 14.1 Å². The number of rotatable bonds is 1. The third-order valence-corrected chi connectivity index (χ3v) is 7.65. The highest BCUT2D eigenvalue weighted by atomic mass is 32.2. The molecule has 1 saturated heterocycles. The van der Waals surface area contributed by atoms with Crippen LogP contribution in [0.3, 0.4) is 0 Å². The average molecular weight is 432 g/mol. The Balaban J connectivity index is 1.21. The van der Waals surface area contributed by atoms with Crippen LogP contribution in [0.15, 0.2) is 63.0 Å². The number of amides is 1. The first kappa shape index (κ1) is 18.8. The van der Waals surface area contributed by atoms with Crippen LogP contribution in [0.5, 0.6) is 0 Å². The molecule has 0 aliphatic carbocycles. The molecule has 0 atom stereocenters. The molecule has 1 aromatic carbocycles. The molecule has 5 heterocycles. The number of allylic oxidation sites excluding steroid dienone is 1. The van der Waals surface area contributed by atoms with Crippen molar-refractivity contribution < 1.29 is 13.9 Å². The number of amidine groups is 1. The summed E-state index contributed by atoms with van der Waals surface area (Å²) in [6.07, 6.45) is 3.52. The average Bonchev–Trinajstić information content (AvgIpc) is 3.50. The van der Waals surface area contributed by atoms with Gasteiger partial charge in [0.05, 0.1) is 17.1 Å². The maximum Gasteiger partial charge on any atom is 0.286 e. The van der Waals surface area contributed by atoms with Gasteiger partial charge in [0.1, 0.15) is 11.3 Å². The summed E-state index contributed by atoms with van der Waals surface area (Å²) in [6.45, 7) is 4.22. The van der Waals surface area contributed by atoms with Gasteiger partial charge in [-0.2, -0.15) is 4.99 Å². The Kier molecular flexibility index (Phi) is 4.30. The number of benzene rings is 1. The minimum atomic E-state index is -0.200. The maximum absolute atomic E-state index is 12.7. The van der Waals surface area contributed by atoms with Gasteiger partial charge in [-0.15, -0.1) is 0 Å². The lowest BCUT2D eigenvalue weighted by atomic mass is 9.84. The molecule has 2 aromatic heterocycles. The fourth-order valence-corrected chi connectivity index (χ4v) is 5.70. The fraction of sp³-hybridized carbons (Fsp3) is 0.292. The second-order valence-electron chi connectivity index (χ2n) is 8.18. The van der Waals surface area contributed by atoms with Crippen molar-refractivity contribution in [2.24, 2.45) is 4.99 Å². The van der Waals surface area contributed by atoms with Gasteiger partial charge in [-0.3, -0.25) is 9.78 Å². The van der Waals surface area contributed by atoms with Crippen LogP contribution in [-0.4, -0.2) is 34.0 Å². The van der Waals surface area contributed by atoms with Gasteiger partial charge >= 0.3 is 0 Å². The molecular weight excluding hydrogens is 410 g/mol. The van der Waals surface area contributed by atoms with Gasteiger partial charge in [0, 0.05) is 30.9 Å². The van der Waals surface area contributed by atoms with Crippen LogP contribution >= 0.6 is 11.8 Å². The van der Waals surface area contributed by atoms with Crippen LogP contribution in [0.2, 0.25) is 0 Å². The minimum absolute atomic E-state index is 0.198. The van der Waals surface area contributed by atoms with Gasteiger partial charge in [0.25, 0.3) is 5.91 Å². The Morgan fingerprint density at radius 3 is 2.84 bits per heavy atom. The van der Waals surface area contributed by atoms with E-state index in [-0.39, 0.29) is 11.5 Å². The molecule has 31 heavy (non-hydrogen) atoms. The number of pyridine rings is 1. The molecule has 156 valence electrons. The molecule has 7 heteroatoms. The molecule has 1 spiro atoms. The van der Waals surface area contributed by atoms with Crippen molar-refractivity contribution in [2.45, 2.75) is 32.0 Å². The molecule has 0 bridgehead atoms. The number of ether oxygens (including phenoxy) is 1. The number of carbonyl (C=O) groups excluding carboxylic acids is 1. The lowest BCUT2D eigenvalue weighted by molar-refractivity contribution is -0.113. The Morgan fingerprint density at radius 2 is 2.00 bits per heavy atom. The SMILES string of the molecule is CC(=C1SC(N2CCC3(CC2)OCc2ccccc23)=NC1=O)c1cc2ncccc2o1. The first-order valence-corrected chi connectivity index (χ1v) is 11.3. The Labute approximate surface area is 184 Å². The van der Waals surface area contributed by atoms with Crippen molar-refractivity contribution >= 4 is 39.5 Å². The van der Waals surface area contributed by atoms with Gasteiger partial charge in [-0.1, -0.05) is 24.3 Å². The maximum atomic E-state index is 12.7. The summed E-state index contributed by atoms with van der Waals surface area (Å²) in [4.78, 5) is 24.2. The highest BCUT2D eigenvalue weighted by molar-refractivity contribution is 8.18. The zero-order valence-corrected chi connectivity index (χ0v) is 17.9. The predicted octanol–water partition coefficient (Wildman–Crippen LogP) is 4.71. The number of piperidine rings is 1. The second kappa shape index (κ2) is 7.07. The third kappa shape index (κ3) is 3.03. The molecule has 0 saturated carbocycles. The smallest absolute Gasteiger partial charge is 0.286 e. The normalized spacial score (nSPS) is 21.6. The second-order valence-corrected chi connectivity index (χ2v) is 9.16. The van der Waals surface area contributed by atoms with E-state index in [1.54, 1.807) is 6.20 Å². The summed E-state index contributed by atoms with van der Waals surface area (Å²) in [5.74, 6) is 0.461. The number of likely N-dealkylation sites (tertiary alicyclic amines) is 1. The van der Waals surface area contributed by atoms with Crippen molar-refractivity contribution in [3.05, 3.63) is 70.5 Å². The number of aliphatic imine (C=N–C) groups is 1. The Hall–Kier alpha value is -2.90. The monoisotopic (exact) mass is 431 g/mol. The third-order valence-electron chi connectivity index (χ3n) is 6.44. The van der Waals surface area contributed by atoms with Crippen LogP contribution < -0.4 is 0 Å². The summed E-state index contributed by atoms with van der Waals surface area (Å²) >= 11 is 1.44. The number of hydrogen-bond donors (Lipinski definition) is 0. The zero-order chi connectivity index (χ0) is 21.0. The lowest BCUT2D eigenvalue weighted by Gasteiger charge is -2.39.